The number of nitrogens with one attached hydrogen (secondary N) is 2. The van der Waals surface area contributed by atoms with Gasteiger partial charge in [-0.15, -0.1) is 0 Å². The minimum Gasteiger partial charge on any atom is -0.338 e. The van der Waals surface area contributed by atoms with E-state index in [0.717, 1.165) is 23.2 Å². The van der Waals surface area contributed by atoms with E-state index < -0.39 is 0 Å². The van der Waals surface area contributed by atoms with Crippen LogP contribution in [0.5, 0.6) is 0 Å². The first kappa shape index (κ1) is 14.6. The largest absolute Gasteiger partial charge is 0.338 e. The van der Waals surface area contributed by atoms with Gasteiger partial charge in [-0.3, -0.25) is 0 Å². The van der Waals surface area contributed by atoms with Crippen molar-refractivity contribution >= 4 is 11.7 Å². The maximum atomic E-state index is 11.8. The van der Waals surface area contributed by atoms with Crippen LogP contribution >= 0.6 is 0 Å². The summed E-state index contributed by atoms with van der Waals surface area (Å²) >= 11 is 0. The van der Waals surface area contributed by atoms with E-state index in [-0.39, 0.29) is 6.03 Å². The molecule has 2 N–H and O–H groups in total. The molecule has 1 aromatic carbocycles. The second-order valence-electron chi connectivity index (χ2n) is 5.62. The van der Waals surface area contributed by atoms with Crippen molar-refractivity contribution in [1.29, 1.82) is 0 Å². The lowest BCUT2D eigenvalue weighted by Crippen LogP contribution is -2.29. The zero-order chi connectivity index (χ0) is 14.4. The predicted molar refractivity (Wildman–Crippen MR) is 84.1 cm³/mol. The van der Waals surface area contributed by atoms with Crippen molar-refractivity contribution in [2.75, 3.05) is 11.9 Å². The Morgan fingerprint density at radius 1 is 1.15 bits per heavy atom. The SMILES string of the molecule is Cc1cc(C)cc(NC(=O)NCCC2=CCCCC2)c1. The van der Waals surface area contributed by atoms with Gasteiger partial charge in [0.15, 0.2) is 0 Å². The summed E-state index contributed by atoms with van der Waals surface area (Å²) in [5, 5.41) is 5.82. The highest BCUT2D eigenvalue weighted by molar-refractivity contribution is 5.89. The van der Waals surface area contributed by atoms with E-state index in [0.29, 0.717) is 6.54 Å². The van der Waals surface area contributed by atoms with Gasteiger partial charge < -0.3 is 10.6 Å². The maximum absolute atomic E-state index is 11.8. The zero-order valence-corrected chi connectivity index (χ0v) is 12.5. The molecule has 3 heteroatoms. The molecule has 0 saturated heterocycles. The van der Waals surface area contributed by atoms with E-state index in [4.69, 9.17) is 0 Å². The molecule has 0 aliphatic heterocycles. The molecule has 3 nitrogen and oxygen atoms in total. The second kappa shape index (κ2) is 7.13. The van der Waals surface area contributed by atoms with Crippen molar-refractivity contribution in [2.24, 2.45) is 0 Å². The molecule has 0 fully saturated rings. The maximum Gasteiger partial charge on any atom is 0.319 e. The minimum absolute atomic E-state index is 0.119. The summed E-state index contributed by atoms with van der Waals surface area (Å²) in [6, 6.07) is 5.94. The van der Waals surface area contributed by atoms with Crippen LogP contribution in [0.2, 0.25) is 0 Å². The fraction of sp³-hybridized carbons (Fsp3) is 0.471. The minimum atomic E-state index is -0.119. The lowest BCUT2D eigenvalue weighted by Gasteiger charge is -2.13. The summed E-state index contributed by atoms with van der Waals surface area (Å²) in [5.74, 6) is 0. The highest BCUT2D eigenvalue weighted by atomic mass is 16.2. The first-order valence-electron chi connectivity index (χ1n) is 7.44. The average Bonchev–Trinajstić information content (AvgIpc) is 2.38. The average molecular weight is 272 g/mol. The third-order valence-corrected chi connectivity index (χ3v) is 3.60. The number of benzene rings is 1. The van der Waals surface area contributed by atoms with Crippen LogP contribution in [-0.4, -0.2) is 12.6 Å². The van der Waals surface area contributed by atoms with Gasteiger partial charge in [0, 0.05) is 12.2 Å². The van der Waals surface area contributed by atoms with Crippen LogP contribution < -0.4 is 10.6 Å². The van der Waals surface area contributed by atoms with Gasteiger partial charge in [-0.05, 0) is 69.2 Å². The van der Waals surface area contributed by atoms with Gasteiger partial charge >= 0.3 is 6.03 Å². The van der Waals surface area contributed by atoms with E-state index in [9.17, 15) is 4.79 Å². The number of allylic oxidation sites excluding steroid dienone is 1. The van der Waals surface area contributed by atoms with Gasteiger partial charge in [-0.1, -0.05) is 17.7 Å². The molecule has 0 spiro atoms. The van der Waals surface area contributed by atoms with Gasteiger partial charge in [0.1, 0.15) is 0 Å². The van der Waals surface area contributed by atoms with Crippen LogP contribution in [0.3, 0.4) is 0 Å². The Bertz CT molecular complexity index is 485. The first-order valence-corrected chi connectivity index (χ1v) is 7.44. The Hall–Kier alpha value is -1.77. The molecule has 2 amide bonds. The Kier molecular flexibility index (Phi) is 5.22. The van der Waals surface area contributed by atoms with Crippen LogP contribution in [0.4, 0.5) is 10.5 Å². The van der Waals surface area contributed by atoms with Crippen molar-refractivity contribution in [3.05, 3.63) is 41.0 Å². The lowest BCUT2D eigenvalue weighted by atomic mass is 9.97. The number of rotatable bonds is 4. The third kappa shape index (κ3) is 4.72. The Labute approximate surface area is 121 Å². The molecule has 1 aliphatic carbocycles. The number of carbonyl (C=O) groups is 1. The molecule has 108 valence electrons. The number of hydrogen-bond donors (Lipinski definition) is 2. The molecular weight excluding hydrogens is 248 g/mol. The fourth-order valence-electron chi connectivity index (χ4n) is 2.69. The van der Waals surface area contributed by atoms with Crippen LogP contribution in [-0.2, 0) is 0 Å². The number of carbonyl (C=O) groups excluding carboxylic acids is 1. The Morgan fingerprint density at radius 3 is 2.55 bits per heavy atom. The first-order chi connectivity index (χ1) is 9.63. The highest BCUT2D eigenvalue weighted by Gasteiger charge is 2.05. The van der Waals surface area contributed by atoms with Crippen LogP contribution in [0.15, 0.2) is 29.8 Å². The van der Waals surface area contributed by atoms with Gasteiger partial charge in [-0.25, -0.2) is 4.79 Å². The normalized spacial score (nSPS) is 14.6. The molecule has 0 heterocycles. The van der Waals surface area contributed by atoms with Crippen molar-refractivity contribution in [3.63, 3.8) is 0 Å². The summed E-state index contributed by atoms with van der Waals surface area (Å²) in [7, 11) is 0. The molecule has 0 bridgehead atoms. The molecule has 0 atom stereocenters. The Morgan fingerprint density at radius 2 is 1.90 bits per heavy atom. The summed E-state index contributed by atoms with van der Waals surface area (Å²) in [5.41, 5.74) is 4.67. The summed E-state index contributed by atoms with van der Waals surface area (Å²) in [6.45, 7) is 4.78. The van der Waals surface area contributed by atoms with E-state index in [2.05, 4.69) is 22.8 Å². The van der Waals surface area contributed by atoms with E-state index >= 15 is 0 Å². The molecule has 1 aromatic rings. The lowest BCUT2D eigenvalue weighted by molar-refractivity contribution is 0.252. The molecule has 0 aromatic heterocycles. The molecule has 0 saturated carbocycles. The smallest absolute Gasteiger partial charge is 0.319 e. The van der Waals surface area contributed by atoms with Gasteiger partial charge in [0.25, 0.3) is 0 Å². The monoisotopic (exact) mass is 272 g/mol. The van der Waals surface area contributed by atoms with E-state index in [1.54, 1.807) is 0 Å². The molecule has 2 rings (SSSR count). The number of hydrogen-bond acceptors (Lipinski definition) is 1. The van der Waals surface area contributed by atoms with Crippen LogP contribution in [0, 0.1) is 13.8 Å². The fourth-order valence-corrected chi connectivity index (χ4v) is 2.69. The van der Waals surface area contributed by atoms with Gasteiger partial charge in [0.05, 0.1) is 0 Å². The number of amides is 2. The summed E-state index contributed by atoms with van der Waals surface area (Å²) in [6.07, 6.45) is 8.29. The van der Waals surface area contributed by atoms with Crippen LogP contribution in [0.1, 0.15) is 43.2 Å². The molecule has 0 unspecified atom stereocenters. The second-order valence-corrected chi connectivity index (χ2v) is 5.62. The van der Waals surface area contributed by atoms with Crippen molar-refractivity contribution < 1.29 is 4.79 Å². The van der Waals surface area contributed by atoms with Gasteiger partial charge in [0.2, 0.25) is 0 Å². The zero-order valence-electron chi connectivity index (χ0n) is 12.5. The van der Waals surface area contributed by atoms with E-state index in [1.165, 1.54) is 31.3 Å². The predicted octanol–water partition coefficient (Wildman–Crippen LogP) is 4.32. The summed E-state index contributed by atoms with van der Waals surface area (Å²) < 4.78 is 0. The Balaban J connectivity index is 1.76. The number of anilines is 1. The molecule has 0 radical (unpaired) electrons. The van der Waals surface area contributed by atoms with Crippen LogP contribution in [0.25, 0.3) is 0 Å². The topological polar surface area (TPSA) is 41.1 Å². The van der Waals surface area contributed by atoms with Gasteiger partial charge in [-0.2, -0.15) is 0 Å². The quantitative estimate of drug-likeness (QED) is 0.788. The number of urea groups is 1. The summed E-state index contributed by atoms with van der Waals surface area (Å²) in [4.78, 5) is 11.8. The molecule has 20 heavy (non-hydrogen) atoms. The molecular formula is C17H24N2O. The standard InChI is InChI=1S/C17H24N2O/c1-13-10-14(2)12-16(11-13)19-17(20)18-9-8-15-6-4-3-5-7-15/h6,10-12H,3-5,7-9H2,1-2H3,(H2,18,19,20). The van der Waals surface area contributed by atoms with E-state index in [1.807, 2.05) is 26.0 Å². The van der Waals surface area contributed by atoms with Crippen molar-refractivity contribution in [1.82, 2.24) is 5.32 Å². The van der Waals surface area contributed by atoms with Crippen molar-refractivity contribution in [2.45, 2.75) is 46.0 Å². The highest BCUT2D eigenvalue weighted by Crippen LogP contribution is 2.19. The third-order valence-electron chi connectivity index (χ3n) is 3.60. The molecule has 1 aliphatic rings. The van der Waals surface area contributed by atoms with Crippen molar-refractivity contribution in [3.8, 4) is 0 Å². The number of aryl methyl sites for hydroxylation is 2.